The summed E-state index contributed by atoms with van der Waals surface area (Å²) < 4.78 is 10.4. The first-order valence-corrected chi connectivity index (χ1v) is 7.30. The van der Waals surface area contributed by atoms with Gasteiger partial charge < -0.3 is 14.8 Å². The molecule has 3 rings (SSSR count). The first-order valence-electron chi connectivity index (χ1n) is 6.92. The predicted molar refractivity (Wildman–Crippen MR) is 91.2 cm³/mol. The van der Waals surface area contributed by atoms with Gasteiger partial charge in [0.2, 0.25) is 5.75 Å². The number of aliphatic imine (C=N–C) groups is 1. The number of hydrogen-bond donors (Lipinski definition) is 1. The summed E-state index contributed by atoms with van der Waals surface area (Å²) in [4.78, 5) is 15.2. The van der Waals surface area contributed by atoms with E-state index in [0.717, 1.165) is 5.56 Å². The lowest BCUT2D eigenvalue weighted by molar-refractivity contribution is -0.386. The Labute approximate surface area is 143 Å². The van der Waals surface area contributed by atoms with Gasteiger partial charge in [-0.25, -0.2) is 0 Å². The quantitative estimate of drug-likeness (QED) is 0.674. The van der Waals surface area contributed by atoms with E-state index >= 15 is 0 Å². The number of ether oxygens (including phenoxy) is 2. The van der Waals surface area contributed by atoms with Gasteiger partial charge in [-0.2, -0.15) is 0 Å². The summed E-state index contributed by atoms with van der Waals surface area (Å²) in [5, 5.41) is 15.1. The van der Waals surface area contributed by atoms with Crippen molar-refractivity contribution in [3.63, 3.8) is 0 Å². The van der Waals surface area contributed by atoms with E-state index in [9.17, 15) is 10.1 Å². The Morgan fingerprint density at radius 1 is 1.25 bits per heavy atom. The van der Waals surface area contributed by atoms with Crippen molar-refractivity contribution in [1.29, 1.82) is 0 Å². The molecule has 123 valence electrons. The highest BCUT2D eigenvalue weighted by atomic mass is 35.5. The maximum absolute atomic E-state index is 11.5. The number of nitrogens with one attached hydrogen (secondary N) is 1. The number of benzene rings is 2. The molecule has 1 aliphatic rings. The van der Waals surface area contributed by atoms with Crippen LogP contribution in [-0.4, -0.2) is 25.0 Å². The second kappa shape index (κ2) is 6.37. The van der Waals surface area contributed by atoms with Crippen molar-refractivity contribution in [1.82, 2.24) is 0 Å². The largest absolute Gasteiger partial charge is 0.493 e. The fourth-order valence-corrected chi connectivity index (χ4v) is 2.67. The fraction of sp³-hybridized carbons (Fsp3) is 0.125. The molecule has 2 aromatic rings. The molecule has 0 atom stereocenters. The van der Waals surface area contributed by atoms with Crippen LogP contribution in [0.4, 0.5) is 11.4 Å². The van der Waals surface area contributed by atoms with Crippen molar-refractivity contribution in [2.45, 2.75) is 0 Å². The molecule has 24 heavy (non-hydrogen) atoms. The lowest BCUT2D eigenvalue weighted by Crippen LogP contribution is -2.19. The molecule has 7 nitrogen and oxygen atoms in total. The van der Waals surface area contributed by atoms with Gasteiger partial charge in [0, 0.05) is 16.7 Å². The minimum atomic E-state index is -0.516. The number of hydrogen-bond acceptors (Lipinski definition) is 6. The number of nitrogens with zero attached hydrogens (tertiary/aromatic N) is 2. The first-order chi connectivity index (χ1) is 11.5. The number of rotatable bonds is 4. The topological polar surface area (TPSA) is 86.0 Å². The summed E-state index contributed by atoms with van der Waals surface area (Å²) in [6.45, 7) is 1.43. The normalized spacial score (nSPS) is 12.7. The van der Waals surface area contributed by atoms with Crippen molar-refractivity contribution in [3.8, 4) is 11.5 Å². The van der Waals surface area contributed by atoms with Crippen LogP contribution in [-0.2, 0) is 0 Å². The van der Waals surface area contributed by atoms with E-state index in [-0.39, 0.29) is 17.2 Å². The second-order valence-corrected chi connectivity index (χ2v) is 5.36. The molecule has 0 bridgehead atoms. The molecule has 1 heterocycles. The standard InChI is InChI=1S/C16H13ClN3O4/c1-23-13-7-12-11(14(20(21)22)15(13)24-2)8-18-16(19-12)9-4-3-5-10(17)6-9/h3-8H,1-2H3,(H,18,19). The highest BCUT2D eigenvalue weighted by molar-refractivity contribution is 6.31. The molecule has 0 spiro atoms. The van der Waals surface area contributed by atoms with Crippen LogP contribution >= 0.6 is 11.6 Å². The summed E-state index contributed by atoms with van der Waals surface area (Å²) in [6, 6.07) is 8.78. The van der Waals surface area contributed by atoms with E-state index in [0.29, 0.717) is 22.1 Å². The summed E-state index contributed by atoms with van der Waals surface area (Å²) in [5.74, 6) is 0.850. The summed E-state index contributed by atoms with van der Waals surface area (Å²) in [5.41, 5.74) is 1.39. The van der Waals surface area contributed by atoms with Crippen LogP contribution < -0.4 is 14.8 Å². The minimum Gasteiger partial charge on any atom is -0.493 e. The highest BCUT2D eigenvalue weighted by Crippen LogP contribution is 2.45. The van der Waals surface area contributed by atoms with Crippen LogP contribution in [0.5, 0.6) is 11.5 Å². The van der Waals surface area contributed by atoms with Gasteiger partial charge in [0.05, 0.1) is 30.4 Å². The Morgan fingerprint density at radius 3 is 2.67 bits per heavy atom. The number of anilines is 1. The number of nitro benzene ring substituents is 1. The maximum atomic E-state index is 11.5. The third-order valence-corrected chi connectivity index (χ3v) is 3.78. The van der Waals surface area contributed by atoms with Crippen LogP contribution in [0.1, 0.15) is 11.1 Å². The van der Waals surface area contributed by atoms with Crippen molar-refractivity contribution < 1.29 is 14.4 Å². The van der Waals surface area contributed by atoms with E-state index < -0.39 is 4.92 Å². The smallest absolute Gasteiger partial charge is 0.322 e. The zero-order chi connectivity index (χ0) is 17.3. The monoisotopic (exact) mass is 346 g/mol. The Morgan fingerprint density at radius 2 is 2.04 bits per heavy atom. The predicted octanol–water partition coefficient (Wildman–Crippen LogP) is 3.65. The maximum Gasteiger partial charge on any atom is 0.322 e. The molecular weight excluding hydrogens is 334 g/mol. The fourth-order valence-electron chi connectivity index (χ4n) is 2.48. The summed E-state index contributed by atoms with van der Waals surface area (Å²) >= 11 is 6.00. The van der Waals surface area contributed by atoms with Crippen LogP contribution in [0.3, 0.4) is 0 Å². The summed E-state index contributed by atoms with van der Waals surface area (Å²) in [7, 11) is 2.78. The van der Waals surface area contributed by atoms with Gasteiger partial charge in [-0.1, -0.05) is 23.7 Å². The Balaban J connectivity index is 2.10. The van der Waals surface area contributed by atoms with Crippen LogP contribution in [0.15, 0.2) is 35.3 Å². The van der Waals surface area contributed by atoms with Gasteiger partial charge in [0.1, 0.15) is 12.4 Å². The van der Waals surface area contributed by atoms with Gasteiger partial charge in [0.15, 0.2) is 5.75 Å². The minimum absolute atomic E-state index is 0.0562. The SMILES string of the molecule is COc1cc2c(c([N+](=O)[O-])c1OC)[CH]N=C(c1cccc(Cl)c1)N2. The molecule has 0 unspecified atom stereocenters. The average Bonchev–Trinajstić information content (AvgIpc) is 2.59. The lowest BCUT2D eigenvalue weighted by atomic mass is 10.1. The van der Waals surface area contributed by atoms with Crippen LogP contribution in [0, 0.1) is 16.7 Å². The third-order valence-electron chi connectivity index (χ3n) is 3.54. The van der Waals surface area contributed by atoms with E-state index in [2.05, 4.69) is 10.3 Å². The number of nitro groups is 1. The van der Waals surface area contributed by atoms with Crippen molar-refractivity contribution >= 4 is 28.8 Å². The molecular formula is C16H13ClN3O4. The van der Waals surface area contributed by atoms with Gasteiger partial charge in [-0.05, 0) is 12.1 Å². The van der Waals surface area contributed by atoms with Crippen molar-refractivity contribution in [2.24, 2.45) is 4.99 Å². The van der Waals surface area contributed by atoms with Gasteiger partial charge in [0.25, 0.3) is 0 Å². The Hall–Kier alpha value is -2.80. The summed E-state index contributed by atoms with van der Waals surface area (Å²) in [6.07, 6.45) is 0. The van der Waals surface area contributed by atoms with Gasteiger partial charge >= 0.3 is 5.69 Å². The number of methoxy groups -OCH3 is 2. The van der Waals surface area contributed by atoms with Crippen LogP contribution in [0.2, 0.25) is 5.02 Å². The van der Waals surface area contributed by atoms with E-state index in [1.807, 2.05) is 6.07 Å². The molecule has 1 radical (unpaired) electrons. The molecule has 1 N–H and O–H groups in total. The molecule has 0 saturated carbocycles. The first kappa shape index (κ1) is 16.1. The van der Waals surface area contributed by atoms with E-state index in [1.165, 1.54) is 20.8 Å². The highest BCUT2D eigenvalue weighted by Gasteiger charge is 2.31. The van der Waals surface area contributed by atoms with Gasteiger partial charge in [-0.15, -0.1) is 0 Å². The molecule has 2 aromatic carbocycles. The van der Waals surface area contributed by atoms with Crippen molar-refractivity contribution in [3.05, 3.63) is 63.1 Å². The van der Waals surface area contributed by atoms with Gasteiger partial charge in [-0.3, -0.25) is 15.1 Å². The lowest BCUT2D eigenvalue weighted by Gasteiger charge is -2.20. The molecule has 0 fully saturated rings. The van der Waals surface area contributed by atoms with Crippen molar-refractivity contribution in [2.75, 3.05) is 19.5 Å². The molecule has 0 aliphatic carbocycles. The number of fused-ring (bicyclic) bond motifs is 1. The van der Waals surface area contributed by atoms with Crippen LogP contribution in [0.25, 0.3) is 0 Å². The van der Waals surface area contributed by atoms with E-state index in [4.69, 9.17) is 21.1 Å². The molecule has 0 saturated heterocycles. The number of amidine groups is 1. The second-order valence-electron chi connectivity index (χ2n) is 4.92. The van der Waals surface area contributed by atoms with E-state index in [1.54, 1.807) is 24.3 Å². The Kier molecular flexibility index (Phi) is 4.26. The molecule has 8 heteroatoms. The zero-order valence-corrected chi connectivity index (χ0v) is 13.6. The molecule has 0 aromatic heterocycles. The number of halogens is 1. The third kappa shape index (κ3) is 2.74. The molecule has 1 aliphatic heterocycles. The Bertz CT molecular complexity index is 851. The molecule has 0 amide bonds. The zero-order valence-electron chi connectivity index (χ0n) is 12.9. The average molecular weight is 347 g/mol.